The first-order valence-corrected chi connectivity index (χ1v) is 10.3. The average Bonchev–Trinajstić information content (AvgIpc) is 2.79. The number of fused-ring (bicyclic) bond motifs is 1. The lowest BCUT2D eigenvalue weighted by Gasteiger charge is -2.28. The van der Waals surface area contributed by atoms with Crippen LogP contribution in [0, 0.1) is 0 Å². The summed E-state index contributed by atoms with van der Waals surface area (Å²) in [4.78, 5) is 13.7. The molecule has 0 N–H and O–H groups in total. The molecule has 0 saturated carbocycles. The van der Waals surface area contributed by atoms with Gasteiger partial charge >= 0.3 is 0 Å². The topological polar surface area (TPSA) is 66.7 Å². The Balaban J connectivity index is 1.47. The normalized spacial score (nSPS) is 16.0. The van der Waals surface area contributed by atoms with Crippen LogP contribution in [0.1, 0.15) is 5.56 Å². The fourth-order valence-electron chi connectivity index (χ4n) is 3.49. The Labute approximate surface area is 177 Å². The number of para-hydroxylation sites is 1. The van der Waals surface area contributed by atoms with Crippen LogP contribution in [0.4, 0.5) is 17.3 Å². The summed E-state index contributed by atoms with van der Waals surface area (Å²) in [5.41, 5.74) is 3.55. The number of morpholine rings is 1. The Kier molecular flexibility index (Phi) is 4.95. The predicted molar refractivity (Wildman–Crippen MR) is 117 cm³/mol. The molecule has 0 spiro atoms. The highest BCUT2D eigenvalue weighted by atomic mass is 79.9. The molecule has 0 aliphatic carbocycles. The van der Waals surface area contributed by atoms with Crippen molar-refractivity contribution in [1.29, 1.82) is 0 Å². The van der Waals surface area contributed by atoms with Crippen molar-refractivity contribution in [3.8, 4) is 11.4 Å². The number of aromatic nitrogens is 3. The molecule has 29 heavy (non-hydrogen) atoms. The van der Waals surface area contributed by atoms with Crippen LogP contribution >= 0.6 is 15.9 Å². The minimum atomic E-state index is 0.522. The van der Waals surface area contributed by atoms with E-state index in [1.807, 2.05) is 48.7 Å². The quantitative estimate of drug-likeness (QED) is 0.606. The van der Waals surface area contributed by atoms with Gasteiger partial charge in [-0.3, -0.25) is 4.99 Å². The first-order valence-electron chi connectivity index (χ1n) is 9.49. The number of benzene rings is 1. The third-order valence-corrected chi connectivity index (χ3v) is 5.68. The van der Waals surface area contributed by atoms with Crippen LogP contribution in [-0.4, -0.2) is 54.4 Å². The molecule has 0 radical (unpaired) electrons. The summed E-state index contributed by atoms with van der Waals surface area (Å²) in [5.74, 6) is 1.74. The number of rotatable bonds is 3. The highest BCUT2D eigenvalue weighted by molar-refractivity contribution is 9.10. The molecule has 146 valence electrons. The molecular weight excluding hydrogens is 432 g/mol. The van der Waals surface area contributed by atoms with Gasteiger partial charge in [-0.2, -0.15) is 0 Å². The summed E-state index contributed by atoms with van der Waals surface area (Å²) in [6.45, 7) is 3.65. The van der Waals surface area contributed by atoms with E-state index in [4.69, 9.17) is 9.72 Å². The lowest BCUT2D eigenvalue weighted by molar-refractivity contribution is 0.122. The van der Waals surface area contributed by atoms with Gasteiger partial charge in [0, 0.05) is 29.3 Å². The maximum atomic E-state index is 5.40. The highest BCUT2D eigenvalue weighted by Gasteiger charge is 2.20. The van der Waals surface area contributed by atoms with Crippen LogP contribution in [0.25, 0.3) is 11.4 Å². The minimum Gasteiger partial charge on any atom is -0.378 e. The number of anilines is 3. The molecule has 2 aromatic heterocycles. The Morgan fingerprint density at radius 3 is 2.52 bits per heavy atom. The smallest absolute Gasteiger partial charge is 0.151 e. The van der Waals surface area contributed by atoms with Crippen molar-refractivity contribution in [2.75, 3.05) is 42.8 Å². The molecule has 2 aliphatic heterocycles. The lowest BCUT2D eigenvalue weighted by atomic mass is 10.1. The van der Waals surface area contributed by atoms with Crippen molar-refractivity contribution in [2.45, 2.75) is 0 Å². The summed E-state index contributed by atoms with van der Waals surface area (Å²) < 4.78 is 6.41. The molecular formula is C21H19BrN6O. The van der Waals surface area contributed by atoms with E-state index < -0.39 is 0 Å². The van der Waals surface area contributed by atoms with E-state index >= 15 is 0 Å². The van der Waals surface area contributed by atoms with Gasteiger partial charge in [-0.05, 0) is 52.3 Å². The van der Waals surface area contributed by atoms with Crippen molar-refractivity contribution in [1.82, 2.24) is 15.2 Å². The fraction of sp³-hybridized carbons (Fsp3) is 0.238. The van der Waals surface area contributed by atoms with Crippen molar-refractivity contribution in [3.63, 3.8) is 0 Å². The fourth-order valence-corrected chi connectivity index (χ4v) is 3.99. The number of halogens is 1. The SMILES string of the molecule is Brc1ccccc1N1CN=Cc2ccc(-c3ccc(N4CCOCC4)nn3)nc21. The molecule has 0 unspecified atom stereocenters. The number of hydrogen-bond donors (Lipinski definition) is 0. The Hall–Kier alpha value is -2.84. The van der Waals surface area contributed by atoms with Crippen LogP contribution in [0.5, 0.6) is 0 Å². The third-order valence-electron chi connectivity index (χ3n) is 5.01. The molecule has 8 heteroatoms. The van der Waals surface area contributed by atoms with Gasteiger partial charge < -0.3 is 14.5 Å². The van der Waals surface area contributed by atoms with E-state index in [-0.39, 0.29) is 0 Å². The van der Waals surface area contributed by atoms with Gasteiger partial charge in [0.15, 0.2) is 5.82 Å². The second-order valence-electron chi connectivity index (χ2n) is 6.82. The van der Waals surface area contributed by atoms with E-state index in [9.17, 15) is 0 Å². The summed E-state index contributed by atoms with van der Waals surface area (Å²) >= 11 is 3.64. The molecule has 2 aliphatic rings. The number of pyridine rings is 1. The Morgan fingerprint density at radius 1 is 0.897 bits per heavy atom. The van der Waals surface area contributed by atoms with Crippen molar-refractivity contribution >= 4 is 39.5 Å². The molecule has 1 saturated heterocycles. The number of nitrogens with zero attached hydrogens (tertiary/aromatic N) is 6. The maximum absolute atomic E-state index is 5.40. The average molecular weight is 451 g/mol. The zero-order valence-corrected chi connectivity index (χ0v) is 17.3. The second kappa shape index (κ2) is 7.88. The first-order chi connectivity index (χ1) is 14.3. The first kappa shape index (κ1) is 18.2. The molecule has 5 rings (SSSR count). The van der Waals surface area contributed by atoms with Gasteiger partial charge in [0.1, 0.15) is 18.2 Å². The Morgan fingerprint density at radius 2 is 1.72 bits per heavy atom. The van der Waals surface area contributed by atoms with Gasteiger partial charge in [0.2, 0.25) is 0 Å². The molecule has 0 amide bonds. The van der Waals surface area contributed by atoms with Gasteiger partial charge in [0.05, 0.1) is 24.6 Å². The monoisotopic (exact) mass is 450 g/mol. The van der Waals surface area contributed by atoms with Crippen molar-refractivity contribution in [3.05, 3.63) is 58.6 Å². The van der Waals surface area contributed by atoms with Crippen LogP contribution < -0.4 is 9.80 Å². The minimum absolute atomic E-state index is 0.522. The van der Waals surface area contributed by atoms with E-state index in [1.165, 1.54) is 0 Å². The molecule has 1 aromatic carbocycles. The van der Waals surface area contributed by atoms with E-state index in [2.05, 4.69) is 47.0 Å². The summed E-state index contributed by atoms with van der Waals surface area (Å²) in [6, 6.07) is 16.1. The second-order valence-corrected chi connectivity index (χ2v) is 7.67. The lowest BCUT2D eigenvalue weighted by Crippen LogP contribution is -2.36. The molecule has 0 bridgehead atoms. The maximum Gasteiger partial charge on any atom is 0.151 e. The van der Waals surface area contributed by atoms with Gasteiger partial charge in [-0.1, -0.05) is 12.1 Å². The molecule has 3 aromatic rings. The van der Waals surface area contributed by atoms with Crippen LogP contribution in [0.2, 0.25) is 0 Å². The Bertz CT molecular complexity index is 1050. The third kappa shape index (κ3) is 3.61. The number of aliphatic imine (C=N–C) groups is 1. The molecule has 1 fully saturated rings. The zero-order valence-electron chi connectivity index (χ0n) is 15.7. The number of ether oxygens (including phenoxy) is 1. The summed E-state index contributed by atoms with van der Waals surface area (Å²) in [5, 5.41) is 8.85. The van der Waals surface area contributed by atoms with Gasteiger partial charge in [0.25, 0.3) is 0 Å². The van der Waals surface area contributed by atoms with Gasteiger partial charge in [-0.15, -0.1) is 10.2 Å². The van der Waals surface area contributed by atoms with Crippen LogP contribution in [-0.2, 0) is 4.74 Å². The predicted octanol–water partition coefficient (Wildman–Crippen LogP) is 3.67. The van der Waals surface area contributed by atoms with Crippen molar-refractivity contribution in [2.24, 2.45) is 4.99 Å². The van der Waals surface area contributed by atoms with Gasteiger partial charge in [-0.25, -0.2) is 4.98 Å². The van der Waals surface area contributed by atoms with E-state index in [1.54, 1.807) is 0 Å². The number of hydrogen-bond acceptors (Lipinski definition) is 7. The van der Waals surface area contributed by atoms with Crippen LogP contribution in [0.3, 0.4) is 0 Å². The summed E-state index contributed by atoms with van der Waals surface area (Å²) in [6.07, 6.45) is 1.87. The van der Waals surface area contributed by atoms with Crippen LogP contribution in [0.15, 0.2) is 58.0 Å². The zero-order chi connectivity index (χ0) is 19.6. The molecule has 4 heterocycles. The summed E-state index contributed by atoms with van der Waals surface area (Å²) in [7, 11) is 0. The molecule has 7 nitrogen and oxygen atoms in total. The largest absolute Gasteiger partial charge is 0.378 e. The van der Waals surface area contributed by atoms with E-state index in [0.717, 1.165) is 65.1 Å². The molecule has 0 atom stereocenters. The van der Waals surface area contributed by atoms with E-state index in [0.29, 0.717) is 6.67 Å². The standard InChI is InChI=1S/C21H19BrN6O/c22-16-3-1-2-4-19(16)28-14-23-13-15-5-6-17(24-21(15)28)18-7-8-20(26-25-18)27-9-11-29-12-10-27/h1-8,13H,9-12,14H2. The highest BCUT2D eigenvalue weighted by Crippen LogP contribution is 2.35. The van der Waals surface area contributed by atoms with Crippen molar-refractivity contribution < 1.29 is 4.74 Å².